The van der Waals surface area contributed by atoms with E-state index in [9.17, 15) is 26.4 Å². The molecular formula is C12H19F3N2O3S. The number of amides is 1. The van der Waals surface area contributed by atoms with Gasteiger partial charge in [-0.25, -0.2) is 8.42 Å². The Kier molecular flexibility index (Phi) is 4.82. The lowest BCUT2D eigenvalue weighted by molar-refractivity contribution is -0.154. The maximum atomic E-state index is 12.2. The Morgan fingerprint density at radius 3 is 2.33 bits per heavy atom. The number of carbonyl (C=O) groups is 1. The van der Waals surface area contributed by atoms with Crippen molar-refractivity contribution in [3.05, 3.63) is 0 Å². The Morgan fingerprint density at radius 2 is 1.76 bits per heavy atom. The van der Waals surface area contributed by atoms with Gasteiger partial charge in [0.1, 0.15) is 6.42 Å². The molecule has 0 aromatic heterocycles. The zero-order valence-corrected chi connectivity index (χ0v) is 12.3. The van der Waals surface area contributed by atoms with Gasteiger partial charge in [0.2, 0.25) is 5.91 Å². The van der Waals surface area contributed by atoms with Crippen LogP contribution in [0.2, 0.25) is 0 Å². The first-order valence-electron chi connectivity index (χ1n) is 6.97. The molecule has 0 aliphatic carbocycles. The fraction of sp³-hybridized carbons (Fsp3) is 0.917. The highest BCUT2D eigenvalue weighted by molar-refractivity contribution is 7.91. The first-order valence-corrected chi connectivity index (χ1v) is 8.79. The zero-order valence-electron chi connectivity index (χ0n) is 11.5. The minimum Gasteiger partial charge on any atom is -0.350 e. The predicted molar refractivity (Wildman–Crippen MR) is 70.5 cm³/mol. The van der Waals surface area contributed by atoms with Crippen LogP contribution in [0.3, 0.4) is 0 Å². The van der Waals surface area contributed by atoms with Gasteiger partial charge < -0.3 is 5.32 Å². The summed E-state index contributed by atoms with van der Waals surface area (Å²) in [5, 5.41) is 2.26. The molecule has 0 unspecified atom stereocenters. The van der Waals surface area contributed by atoms with Crippen LogP contribution < -0.4 is 5.32 Å². The summed E-state index contributed by atoms with van der Waals surface area (Å²) in [4.78, 5) is 13.4. The summed E-state index contributed by atoms with van der Waals surface area (Å²) in [5.74, 6) is -1.53. The Hall–Kier alpha value is -0.830. The zero-order chi connectivity index (χ0) is 15.7. The number of piperidine rings is 1. The molecule has 0 aromatic carbocycles. The number of carbonyl (C=O) groups excluding carboxylic acids is 1. The second-order valence-electron chi connectivity index (χ2n) is 5.71. The Labute approximate surface area is 121 Å². The van der Waals surface area contributed by atoms with Gasteiger partial charge in [0.25, 0.3) is 0 Å². The molecule has 0 saturated carbocycles. The molecular weight excluding hydrogens is 309 g/mol. The highest BCUT2D eigenvalue weighted by Gasteiger charge is 2.43. The molecule has 2 rings (SSSR count). The van der Waals surface area contributed by atoms with Gasteiger partial charge in [-0.05, 0) is 25.9 Å². The summed E-state index contributed by atoms with van der Waals surface area (Å²) in [6.45, 7) is 1.46. The van der Waals surface area contributed by atoms with E-state index in [1.54, 1.807) is 0 Å². The summed E-state index contributed by atoms with van der Waals surface area (Å²) in [6, 6.07) is -1.16. The lowest BCUT2D eigenvalue weighted by atomic mass is 10.0. The van der Waals surface area contributed by atoms with Crippen molar-refractivity contribution in [2.45, 2.75) is 43.9 Å². The van der Waals surface area contributed by atoms with E-state index in [0.29, 0.717) is 0 Å². The summed E-state index contributed by atoms with van der Waals surface area (Å²) in [7, 11) is -3.32. The van der Waals surface area contributed by atoms with Crippen LogP contribution in [0.15, 0.2) is 0 Å². The van der Waals surface area contributed by atoms with E-state index < -0.39 is 40.4 Å². The molecule has 2 heterocycles. The quantitative estimate of drug-likeness (QED) is 0.828. The van der Waals surface area contributed by atoms with Gasteiger partial charge in [0.15, 0.2) is 9.84 Å². The van der Waals surface area contributed by atoms with Crippen molar-refractivity contribution in [2.75, 3.05) is 24.6 Å². The van der Waals surface area contributed by atoms with Crippen molar-refractivity contribution in [1.29, 1.82) is 0 Å². The number of likely N-dealkylation sites (tertiary alicyclic amines) is 1. The molecule has 2 aliphatic rings. The minimum absolute atomic E-state index is 0.0933. The summed E-state index contributed by atoms with van der Waals surface area (Å²) < 4.78 is 60.1. The molecule has 0 bridgehead atoms. The second kappa shape index (κ2) is 6.12. The molecule has 2 saturated heterocycles. The molecule has 122 valence electrons. The monoisotopic (exact) mass is 328 g/mol. The largest absolute Gasteiger partial charge is 0.397 e. The molecule has 0 aromatic rings. The van der Waals surface area contributed by atoms with Crippen LogP contribution >= 0.6 is 0 Å². The number of nitrogens with zero attached hydrogens (tertiary/aromatic N) is 1. The van der Waals surface area contributed by atoms with E-state index in [2.05, 4.69) is 5.32 Å². The number of rotatable bonds is 3. The summed E-state index contributed by atoms with van der Waals surface area (Å²) in [5.41, 5.74) is 0. The van der Waals surface area contributed by atoms with Crippen LogP contribution in [0.1, 0.15) is 25.7 Å². The van der Waals surface area contributed by atoms with Crippen molar-refractivity contribution in [1.82, 2.24) is 10.2 Å². The highest BCUT2D eigenvalue weighted by atomic mass is 32.2. The Morgan fingerprint density at radius 1 is 1.14 bits per heavy atom. The van der Waals surface area contributed by atoms with E-state index in [0.717, 1.165) is 32.4 Å². The number of hydrogen-bond donors (Lipinski definition) is 1. The van der Waals surface area contributed by atoms with E-state index in [4.69, 9.17) is 0 Å². The Bertz CT molecular complexity index is 486. The standard InChI is InChI=1S/C12H19F3N2O3S/c13-12(14,15)6-11(18)16-9-7-21(19,20)8-10(9)17-4-2-1-3-5-17/h9-10H,1-8H2,(H,16,18)/t9-,10+/m1/s1. The molecule has 2 atom stereocenters. The molecule has 0 radical (unpaired) electrons. The van der Waals surface area contributed by atoms with Crippen molar-refractivity contribution in [3.8, 4) is 0 Å². The van der Waals surface area contributed by atoms with Gasteiger partial charge in [-0.1, -0.05) is 6.42 Å². The first-order chi connectivity index (χ1) is 9.66. The van der Waals surface area contributed by atoms with Crippen molar-refractivity contribution < 1.29 is 26.4 Å². The predicted octanol–water partition coefficient (Wildman–Crippen LogP) is 0.706. The third kappa shape index (κ3) is 4.84. The normalized spacial score (nSPS) is 30.2. The van der Waals surface area contributed by atoms with Crippen LogP contribution in [0.5, 0.6) is 0 Å². The number of hydrogen-bond acceptors (Lipinski definition) is 4. The number of halogens is 3. The van der Waals surface area contributed by atoms with Crippen molar-refractivity contribution in [2.24, 2.45) is 0 Å². The van der Waals surface area contributed by atoms with Gasteiger partial charge >= 0.3 is 6.18 Å². The van der Waals surface area contributed by atoms with E-state index >= 15 is 0 Å². The average Bonchev–Trinajstić information content (AvgIpc) is 2.63. The molecule has 5 nitrogen and oxygen atoms in total. The maximum absolute atomic E-state index is 12.2. The first kappa shape index (κ1) is 16.5. The third-order valence-corrected chi connectivity index (χ3v) is 5.61. The van der Waals surface area contributed by atoms with Crippen LogP contribution in [0, 0.1) is 0 Å². The van der Waals surface area contributed by atoms with E-state index in [1.165, 1.54) is 0 Å². The molecule has 2 fully saturated rings. The molecule has 0 spiro atoms. The van der Waals surface area contributed by atoms with Crippen LogP contribution in [0.25, 0.3) is 0 Å². The highest BCUT2D eigenvalue weighted by Crippen LogP contribution is 2.24. The Balaban J connectivity index is 2.02. The lowest BCUT2D eigenvalue weighted by Crippen LogP contribution is -2.52. The van der Waals surface area contributed by atoms with Gasteiger partial charge in [-0.3, -0.25) is 9.69 Å². The second-order valence-corrected chi connectivity index (χ2v) is 7.86. The average molecular weight is 328 g/mol. The molecule has 21 heavy (non-hydrogen) atoms. The third-order valence-electron chi connectivity index (χ3n) is 3.89. The molecule has 1 N–H and O–H groups in total. The molecule has 9 heteroatoms. The van der Waals surface area contributed by atoms with Crippen molar-refractivity contribution >= 4 is 15.7 Å². The number of nitrogens with one attached hydrogen (secondary N) is 1. The summed E-state index contributed by atoms with van der Waals surface area (Å²) >= 11 is 0. The van der Waals surface area contributed by atoms with E-state index in [1.807, 2.05) is 4.90 Å². The molecule has 2 aliphatic heterocycles. The topological polar surface area (TPSA) is 66.5 Å². The lowest BCUT2D eigenvalue weighted by Gasteiger charge is -2.35. The fourth-order valence-electron chi connectivity index (χ4n) is 3.02. The SMILES string of the molecule is O=C(CC(F)(F)F)N[C@@H]1CS(=O)(=O)C[C@@H]1N1CCCCC1. The summed E-state index contributed by atoms with van der Waals surface area (Å²) in [6.07, 6.45) is -3.20. The maximum Gasteiger partial charge on any atom is 0.397 e. The van der Waals surface area contributed by atoms with Gasteiger partial charge in [-0.15, -0.1) is 0 Å². The smallest absolute Gasteiger partial charge is 0.350 e. The van der Waals surface area contributed by atoms with Gasteiger partial charge in [-0.2, -0.15) is 13.2 Å². The number of sulfone groups is 1. The van der Waals surface area contributed by atoms with Crippen LogP contribution in [-0.2, 0) is 14.6 Å². The van der Waals surface area contributed by atoms with E-state index in [-0.39, 0.29) is 11.5 Å². The van der Waals surface area contributed by atoms with Crippen molar-refractivity contribution in [3.63, 3.8) is 0 Å². The van der Waals surface area contributed by atoms with Crippen LogP contribution in [-0.4, -0.2) is 62.1 Å². The van der Waals surface area contributed by atoms with Gasteiger partial charge in [0.05, 0.1) is 17.5 Å². The van der Waals surface area contributed by atoms with Crippen LogP contribution in [0.4, 0.5) is 13.2 Å². The molecule has 1 amide bonds. The number of alkyl halides is 3. The fourth-order valence-corrected chi connectivity index (χ4v) is 4.97. The van der Waals surface area contributed by atoms with Gasteiger partial charge in [0, 0.05) is 6.04 Å². The minimum atomic E-state index is -4.58.